The Kier molecular flexibility index (Phi) is 2.24. The monoisotopic (exact) mass is 189 g/mol. The normalized spacial score (nSPS) is 10.4. The van der Waals surface area contributed by atoms with Gasteiger partial charge in [-0.15, -0.1) is 10.2 Å². The summed E-state index contributed by atoms with van der Waals surface area (Å²) in [6, 6.07) is 3.84. The minimum Gasteiger partial charge on any atom is -0.326 e. The lowest BCUT2D eigenvalue weighted by Gasteiger charge is -2.00. The third-order valence-corrected chi connectivity index (χ3v) is 2.00. The summed E-state index contributed by atoms with van der Waals surface area (Å²) >= 11 is 0. The Hall–Kier alpha value is -1.75. The fraction of sp³-hybridized carbons (Fsp3) is 0.222. The zero-order valence-corrected chi connectivity index (χ0v) is 7.88. The topological polar surface area (TPSA) is 69.6 Å². The number of nitrogens with two attached hydrogens (primary N) is 1. The van der Waals surface area contributed by atoms with Crippen LogP contribution in [0.25, 0.3) is 11.5 Å². The first-order valence-electron chi connectivity index (χ1n) is 4.30. The molecule has 0 amide bonds. The van der Waals surface area contributed by atoms with Crippen LogP contribution in [0.4, 0.5) is 0 Å². The average molecular weight is 189 g/mol. The van der Waals surface area contributed by atoms with E-state index in [1.165, 1.54) is 0 Å². The molecule has 0 aliphatic heterocycles. The molecule has 0 aromatic carbocycles. The van der Waals surface area contributed by atoms with Crippen LogP contribution in [0, 0.1) is 0 Å². The van der Waals surface area contributed by atoms with Crippen molar-refractivity contribution in [2.75, 3.05) is 0 Å². The molecule has 0 unspecified atom stereocenters. The van der Waals surface area contributed by atoms with Gasteiger partial charge in [-0.1, -0.05) is 6.07 Å². The van der Waals surface area contributed by atoms with Crippen LogP contribution < -0.4 is 5.73 Å². The standard InChI is InChI=1S/C9H11N5/c1-14-6-12-13-9(14)8-3-2-7(4-10)5-11-8/h2-3,5-6H,4,10H2,1H3. The maximum atomic E-state index is 5.48. The molecule has 0 atom stereocenters. The van der Waals surface area contributed by atoms with Crippen LogP contribution in [0.3, 0.4) is 0 Å². The van der Waals surface area contributed by atoms with E-state index in [0.717, 1.165) is 17.1 Å². The highest BCUT2D eigenvalue weighted by molar-refractivity contribution is 5.48. The number of hydrogen-bond donors (Lipinski definition) is 1. The van der Waals surface area contributed by atoms with E-state index in [4.69, 9.17) is 5.73 Å². The molecule has 14 heavy (non-hydrogen) atoms. The summed E-state index contributed by atoms with van der Waals surface area (Å²) in [5, 5.41) is 7.75. The Morgan fingerprint density at radius 3 is 2.79 bits per heavy atom. The van der Waals surface area contributed by atoms with Crippen molar-refractivity contribution in [1.29, 1.82) is 0 Å². The third kappa shape index (κ3) is 1.49. The molecule has 0 radical (unpaired) electrons. The largest absolute Gasteiger partial charge is 0.326 e. The summed E-state index contributed by atoms with van der Waals surface area (Å²) in [4.78, 5) is 4.25. The van der Waals surface area contributed by atoms with Crippen LogP contribution in [0.15, 0.2) is 24.7 Å². The highest BCUT2D eigenvalue weighted by Crippen LogP contribution is 2.12. The van der Waals surface area contributed by atoms with E-state index in [0.29, 0.717) is 6.54 Å². The summed E-state index contributed by atoms with van der Waals surface area (Å²) in [5.74, 6) is 0.758. The highest BCUT2D eigenvalue weighted by atomic mass is 15.3. The van der Waals surface area contributed by atoms with Gasteiger partial charge in [-0.25, -0.2) is 0 Å². The molecule has 2 aromatic heterocycles. The van der Waals surface area contributed by atoms with Crippen molar-refractivity contribution in [3.05, 3.63) is 30.2 Å². The van der Waals surface area contributed by atoms with E-state index >= 15 is 0 Å². The number of aromatic nitrogens is 4. The van der Waals surface area contributed by atoms with Crippen LogP contribution in [-0.4, -0.2) is 19.7 Å². The molecular formula is C9H11N5. The van der Waals surface area contributed by atoms with Gasteiger partial charge in [0.15, 0.2) is 5.82 Å². The zero-order valence-electron chi connectivity index (χ0n) is 7.88. The number of hydrogen-bond acceptors (Lipinski definition) is 4. The van der Waals surface area contributed by atoms with Crippen molar-refractivity contribution in [2.24, 2.45) is 12.8 Å². The number of pyridine rings is 1. The summed E-state index contributed by atoms with van der Waals surface area (Å²) in [6.07, 6.45) is 3.40. The molecule has 2 heterocycles. The van der Waals surface area contributed by atoms with Gasteiger partial charge in [0.2, 0.25) is 0 Å². The van der Waals surface area contributed by atoms with E-state index in [9.17, 15) is 0 Å². The number of aryl methyl sites for hydroxylation is 1. The molecule has 0 fully saturated rings. The lowest BCUT2D eigenvalue weighted by Crippen LogP contribution is -1.98. The molecule has 2 rings (SSSR count). The van der Waals surface area contributed by atoms with Crippen molar-refractivity contribution in [2.45, 2.75) is 6.54 Å². The molecule has 5 heteroatoms. The average Bonchev–Trinajstić information content (AvgIpc) is 2.65. The lowest BCUT2D eigenvalue weighted by molar-refractivity contribution is 0.912. The van der Waals surface area contributed by atoms with Crippen LogP contribution in [-0.2, 0) is 13.6 Å². The van der Waals surface area contributed by atoms with Gasteiger partial charge in [-0.05, 0) is 11.6 Å². The molecule has 0 spiro atoms. The fourth-order valence-corrected chi connectivity index (χ4v) is 1.19. The highest BCUT2D eigenvalue weighted by Gasteiger charge is 2.04. The van der Waals surface area contributed by atoms with Gasteiger partial charge in [-0.3, -0.25) is 4.98 Å². The van der Waals surface area contributed by atoms with Gasteiger partial charge in [0.1, 0.15) is 12.0 Å². The van der Waals surface area contributed by atoms with Crippen molar-refractivity contribution in [1.82, 2.24) is 19.7 Å². The smallest absolute Gasteiger partial charge is 0.182 e. The van der Waals surface area contributed by atoms with E-state index < -0.39 is 0 Å². The Morgan fingerprint density at radius 2 is 2.29 bits per heavy atom. The first-order chi connectivity index (χ1) is 6.81. The van der Waals surface area contributed by atoms with Gasteiger partial charge in [0, 0.05) is 19.8 Å². The maximum absolute atomic E-state index is 5.48. The Morgan fingerprint density at radius 1 is 1.43 bits per heavy atom. The van der Waals surface area contributed by atoms with E-state index in [2.05, 4.69) is 15.2 Å². The van der Waals surface area contributed by atoms with Crippen molar-refractivity contribution in [3.63, 3.8) is 0 Å². The van der Waals surface area contributed by atoms with Crippen molar-refractivity contribution in [3.8, 4) is 11.5 Å². The van der Waals surface area contributed by atoms with Crippen LogP contribution in [0.1, 0.15) is 5.56 Å². The van der Waals surface area contributed by atoms with E-state index in [1.807, 2.05) is 23.7 Å². The molecule has 0 bridgehead atoms. The van der Waals surface area contributed by atoms with Crippen LogP contribution >= 0.6 is 0 Å². The second kappa shape index (κ2) is 3.55. The first kappa shape index (κ1) is 8.83. The molecular weight excluding hydrogens is 178 g/mol. The molecule has 0 aliphatic rings. The van der Waals surface area contributed by atoms with Gasteiger partial charge in [0.05, 0.1) is 0 Å². The first-order valence-corrected chi connectivity index (χ1v) is 4.30. The van der Waals surface area contributed by atoms with Gasteiger partial charge in [-0.2, -0.15) is 0 Å². The Bertz CT molecular complexity index is 417. The molecule has 72 valence electrons. The summed E-state index contributed by atoms with van der Waals surface area (Å²) in [5.41, 5.74) is 7.29. The SMILES string of the molecule is Cn1cnnc1-c1ccc(CN)cn1. The third-order valence-electron chi connectivity index (χ3n) is 2.00. The fourth-order valence-electron chi connectivity index (χ4n) is 1.19. The minimum atomic E-state index is 0.506. The van der Waals surface area contributed by atoms with Crippen molar-refractivity contribution >= 4 is 0 Å². The number of rotatable bonds is 2. The second-order valence-corrected chi connectivity index (χ2v) is 3.02. The molecule has 2 aromatic rings. The Balaban J connectivity index is 2.39. The predicted molar refractivity (Wildman–Crippen MR) is 52.1 cm³/mol. The molecule has 2 N–H and O–H groups in total. The Labute approximate surface area is 81.6 Å². The van der Waals surface area contributed by atoms with Gasteiger partial charge < -0.3 is 10.3 Å². The lowest BCUT2D eigenvalue weighted by atomic mass is 10.2. The quantitative estimate of drug-likeness (QED) is 0.739. The molecule has 0 saturated carbocycles. The summed E-state index contributed by atoms with van der Waals surface area (Å²) < 4.78 is 1.82. The van der Waals surface area contributed by atoms with Gasteiger partial charge >= 0.3 is 0 Å². The van der Waals surface area contributed by atoms with E-state index in [1.54, 1.807) is 12.5 Å². The molecule has 5 nitrogen and oxygen atoms in total. The molecule has 0 saturated heterocycles. The van der Waals surface area contributed by atoms with Gasteiger partial charge in [0.25, 0.3) is 0 Å². The number of nitrogens with zero attached hydrogens (tertiary/aromatic N) is 4. The maximum Gasteiger partial charge on any atom is 0.182 e. The minimum absolute atomic E-state index is 0.506. The zero-order chi connectivity index (χ0) is 9.97. The summed E-state index contributed by atoms with van der Waals surface area (Å²) in [7, 11) is 1.88. The van der Waals surface area contributed by atoms with Crippen LogP contribution in [0.5, 0.6) is 0 Å². The van der Waals surface area contributed by atoms with Crippen molar-refractivity contribution < 1.29 is 0 Å². The predicted octanol–water partition coefficient (Wildman–Crippen LogP) is 0.336. The summed E-state index contributed by atoms with van der Waals surface area (Å²) in [6.45, 7) is 0.506. The van der Waals surface area contributed by atoms with E-state index in [-0.39, 0.29) is 0 Å². The van der Waals surface area contributed by atoms with Crippen LogP contribution in [0.2, 0.25) is 0 Å². The second-order valence-electron chi connectivity index (χ2n) is 3.02. The molecule has 0 aliphatic carbocycles.